The molecule has 1 heterocycles. The SMILES string of the molecule is CSC1(CNc2nccc(N)n2)CC1. The molecule has 1 aromatic rings. The number of rotatable bonds is 4. The number of nitrogens with two attached hydrogens (primary N) is 1. The second kappa shape index (κ2) is 3.65. The molecule has 0 unspecified atom stereocenters. The molecule has 3 N–H and O–H groups in total. The van der Waals surface area contributed by atoms with Crippen molar-refractivity contribution < 1.29 is 0 Å². The lowest BCUT2D eigenvalue weighted by atomic mass is 10.4. The fourth-order valence-electron chi connectivity index (χ4n) is 1.29. The predicted molar refractivity (Wildman–Crippen MR) is 60.4 cm³/mol. The number of thioether (sulfide) groups is 1. The summed E-state index contributed by atoms with van der Waals surface area (Å²) in [5.74, 6) is 1.14. The number of nitrogens with zero attached hydrogens (tertiary/aromatic N) is 2. The lowest BCUT2D eigenvalue weighted by Gasteiger charge is -2.12. The van der Waals surface area contributed by atoms with E-state index in [9.17, 15) is 0 Å². The highest BCUT2D eigenvalue weighted by atomic mass is 32.2. The number of hydrogen-bond donors (Lipinski definition) is 2. The van der Waals surface area contributed by atoms with Gasteiger partial charge in [-0.3, -0.25) is 0 Å². The molecule has 14 heavy (non-hydrogen) atoms. The Morgan fingerprint density at radius 2 is 2.43 bits per heavy atom. The molecule has 5 heteroatoms. The molecule has 0 aromatic carbocycles. The summed E-state index contributed by atoms with van der Waals surface area (Å²) in [5.41, 5.74) is 5.55. The second-order valence-electron chi connectivity index (χ2n) is 3.55. The molecular weight excluding hydrogens is 196 g/mol. The van der Waals surface area contributed by atoms with Crippen LogP contribution in [0.1, 0.15) is 12.8 Å². The maximum atomic E-state index is 5.55. The molecule has 1 saturated carbocycles. The lowest BCUT2D eigenvalue weighted by molar-refractivity contribution is 0.927. The molecule has 0 saturated heterocycles. The molecule has 0 spiro atoms. The first-order valence-electron chi connectivity index (χ1n) is 4.62. The van der Waals surface area contributed by atoms with Gasteiger partial charge < -0.3 is 11.1 Å². The molecule has 1 aliphatic carbocycles. The summed E-state index contributed by atoms with van der Waals surface area (Å²) < 4.78 is 0.425. The van der Waals surface area contributed by atoms with Gasteiger partial charge in [0.25, 0.3) is 0 Å². The van der Waals surface area contributed by atoms with Crippen LogP contribution < -0.4 is 11.1 Å². The van der Waals surface area contributed by atoms with Crippen LogP contribution in [-0.2, 0) is 0 Å². The Morgan fingerprint density at radius 3 is 3.00 bits per heavy atom. The van der Waals surface area contributed by atoms with E-state index in [1.54, 1.807) is 12.3 Å². The van der Waals surface area contributed by atoms with E-state index in [-0.39, 0.29) is 0 Å². The van der Waals surface area contributed by atoms with Gasteiger partial charge in [0, 0.05) is 17.5 Å². The molecule has 76 valence electrons. The third-order valence-electron chi connectivity index (χ3n) is 2.49. The van der Waals surface area contributed by atoms with E-state index in [4.69, 9.17) is 5.73 Å². The van der Waals surface area contributed by atoms with Crippen molar-refractivity contribution in [3.63, 3.8) is 0 Å². The number of hydrogen-bond acceptors (Lipinski definition) is 5. The molecular formula is C9H14N4S. The Kier molecular flexibility index (Phi) is 2.50. The Labute approximate surface area is 87.7 Å². The molecule has 4 nitrogen and oxygen atoms in total. The number of nitrogens with one attached hydrogen (secondary N) is 1. The van der Waals surface area contributed by atoms with Gasteiger partial charge in [-0.15, -0.1) is 0 Å². The number of nitrogen functional groups attached to an aromatic ring is 1. The summed E-state index contributed by atoms with van der Waals surface area (Å²) in [5, 5.41) is 3.22. The van der Waals surface area contributed by atoms with Crippen molar-refractivity contribution in [3.05, 3.63) is 12.3 Å². The highest BCUT2D eigenvalue weighted by Crippen LogP contribution is 2.46. The summed E-state index contributed by atoms with van der Waals surface area (Å²) >= 11 is 1.91. The van der Waals surface area contributed by atoms with Crippen LogP contribution in [0, 0.1) is 0 Å². The van der Waals surface area contributed by atoms with E-state index in [2.05, 4.69) is 21.5 Å². The van der Waals surface area contributed by atoms with Crippen molar-refractivity contribution in [1.82, 2.24) is 9.97 Å². The monoisotopic (exact) mass is 210 g/mol. The zero-order chi connectivity index (χ0) is 10.0. The molecule has 0 aliphatic heterocycles. The zero-order valence-corrected chi connectivity index (χ0v) is 8.97. The maximum absolute atomic E-state index is 5.55. The van der Waals surface area contributed by atoms with Crippen molar-refractivity contribution in [2.24, 2.45) is 0 Å². The summed E-state index contributed by atoms with van der Waals surface area (Å²) in [6.45, 7) is 0.928. The third kappa shape index (κ3) is 2.09. The average Bonchev–Trinajstić information content (AvgIpc) is 2.96. The van der Waals surface area contributed by atoms with E-state index < -0.39 is 0 Å². The van der Waals surface area contributed by atoms with Crippen molar-refractivity contribution in [2.75, 3.05) is 23.9 Å². The van der Waals surface area contributed by atoms with E-state index in [1.807, 2.05) is 11.8 Å². The van der Waals surface area contributed by atoms with Gasteiger partial charge in [-0.05, 0) is 25.2 Å². The molecule has 1 aliphatic rings. The Bertz CT molecular complexity index is 324. The molecule has 0 amide bonds. The molecule has 0 atom stereocenters. The van der Waals surface area contributed by atoms with Crippen LogP contribution in [0.3, 0.4) is 0 Å². The minimum Gasteiger partial charge on any atom is -0.384 e. The van der Waals surface area contributed by atoms with Gasteiger partial charge in [-0.1, -0.05) is 0 Å². The van der Waals surface area contributed by atoms with Gasteiger partial charge >= 0.3 is 0 Å². The van der Waals surface area contributed by atoms with Crippen molar-refractivity contribution in [1.29, 1.82) is 0 Å². The Morgan fingerprint density at radius 1 is 1.64 bits per heavy atom. The van der Waals surface area contributed by atoms with Crippen LogP contribution in [-0.4, -0.2) is 27.5 Å². The van der Waals surface area contributed by atoms with Gasteiger partial charge in [0.2, 0.25) is 5.95 Å². The second-order valence-corrected chi connectivity index (χ2v) is 4.82. The van der Waals surface area contributed by atoms with Crippen molar-refractivity contribution in [3.8, 4) is 0 Å². The van der Waals surface area contributed by atoms with E-state index >= 15 is 0 Å². The summed E-state index contributed by atoms with van der Waals surface area (Å²) in [6, 6.07) is 1.69. The largest absolute Gasteiger partial charge is 0.384 e. The topological polar surface area (TPSA) is 63.8 Å². The Balaban J connectivity index is 1.92. The van der Waals surface area contributed by atoms with Gasteiger partial charge in [-0.2, -0.15) is 16.7 Å². The fraction of sp³-hybridized carbons (Fsp3) is 0.556. The van der Waals surface area contributed by atoms with E-state index in [0.717, 1.165) is 6.54 Å². The van der Waals surface area contributed by atoms with Crippen LogP contribution >= 0.6 is 11.8 Å². The maximum Gasteiger partial charge on any atom is 0.224 e. The van der Waals surface area contributed by atoms with Crippen LogP contribution in [0.15, 0.2) is 12.3 Å². The molecule has 1 fully saturated rings. The van der Waals surface area contributed by atoms with Gasteiger partial charge in [-0.25, -0.2) is 4.98 Å². The van der Waals surface area contributed by atoms with Gasteiger partial charge in [0.05, 0.1) is 0 Å². The lowest BCUT2D eigenvalue weighted by Crippen LogP contribution is -2.18. The molecule has 0 bridgehead atoms. The normalized spacial score (nSPS) is 17.8. The summed E-state index contributed by atoms with van der Waals surface area (Å²) in [4.78, 5) is 8.18. The van der Waals surface area contributed by atoms with Crippen molar-refractivity contribution >= 4 is 23.5 Å². The van der Waals surface area contributed by atoms with Crippen LogP contribution in [0.5, 0.6) is 0 Å². The minimum absolute atomic E-state index is 0.425. The smallest absolute Gasteiger partial charge is 0.224 e. The Hall–Kier alpha value is -0.970. The quantitative estimate of drug-likeness (QED) is 0.785. The summed E-state index contributed by atoms with van der Waals surface area (Å²) in [6.07, 6.45) is 6.38. The van der Waals surface area contributed by atoms with Crippen LogP contribution in [0.2, 0.25) is 0 Å². The van der Waals surface area contributed by atoms with E-state index in [0.29, 0.717) is 16.5 Å². The van der Waals surface area contributed by atoms with Gasteiger partial charge in [0.1, 0.15) is 5.82 Å². The summed E-state index contributed by atoms with van der Waals surface area (Å²) in [7, 11) is 0. The zero-order valence-electron chi connectivity index (χ0n) is 8.16. The van der Waals surface area contributed by atoms with E-state index in [1.165, 1.54) is 12.8 Å². The molecule has 0 radical (unpaired) electrons. The average molecular weight is 210 g/mol. The van der Waals surface area contributed by atoms with Crippen LogP contribution in [0.25, 0.3) is 0 Å². The predicted octanol–water partition coefficient (Wildman–Crippen LogP) is 1.37. The third-order valence-corrected chi connectivity index (χ3v) is 3.91. The van der Waals surface area contributed by atoms with Crippen molar-refractivity contribution in [2.45, 2.75) is 17.6 Å². The standard InChI is InChI=1S/C9H14N4S/c1-14-9(3-4-9)6-12-8-11-5-2-7(10)13-8/h2,5H,3-4,6H2,1H3,(H3,10,11,12,13). The molecule has 1 aromatic heterocycles. The first kappa shape index (κ1) is 9.58. The minimum atomic E-state index is 0.425. The highest BCUT2D eigenvalue weighted by Gasteiger charge is 2.41. The number of anilines is 2. The highest BCUT2D eigenvalue weighted by molar-refractivity contribution is 8.00. The molecule has 2 rings (SSSR count). The first-order valence-corrected chi connectivity index (χ1v) is 5.84. The fourth-order valence-corrected chi connectivity index (χ4v) is 2.02. The van der Waals surface area contributed by atoms with Gasteiger partial charge in [0.15, 0.2) is 0 Å². The first-order chi connectivity index (χ1) is 6.74. The van der Waals surface area contributed by atoms with Crippen LogP contribution in [0.4, 0.5) is 11.8 Å². The number of aromatic nitrogens is 2.